The maximum atomic E-state index is 12.6. The molecule has 0 atom stereocenters. The predicted octanol–water partition coefficient (Wildman–Crippen LogP) is 4.32. The molecule has 3 aromatic carbocycles. The van der Waals surface area contributed by atoms with E-state index in [1.54, 1.807) is 0 Å². The van der Waals surface area contributed by atoms with Crippen molar-refractivity contribution in [3.8, 4) is 11.1 Å². The standard InChI is InChI=1S/C21H14O2/c22-20-15-8-2-1-7-14(15)13-21(23-20)18-11-5-3-9-16(18)17-10-4-6-12-19(17)21/h1-12H,13H2. The zero-order valence-electron chi connectivity index (χ0n) is 12.5. The molecule has 0 amide bonds. The molecule has 0 bridgehead atoms. The highest BCUT2D eigenvalue weighted by molar-refractivity contribution is 5.94. The molecule has 2 heteroatoms. The van der Waals surface area contributed by atoms with Crippen LogP contribution in [0.4, 0.5) is 0 Å². The molecule has 0 saturated heterocycles. The summed E-state index contributed by atoms with van der Waals surface area (Å²) in [5, 5.41) is 0. The molecule has 23 heavy (non-hydrogen) atoms. The normalized spacial score (nSPS) is 16.4. The average molecular weight is 298 g/mol. The molecule has 3 aromatic rings. The number of ether oxygens (including phenoxy) is 1. The molecule has 1 spiro atoms. The lowest BCUT2D eigenvalue weighted by Crippen LogP contribution is -2.38. The Balaban J connectivity index is 1.82. The van der Waals surface area contributed by atoms with Gasteiger partial charge in [0, 0.05) is 17.5 Å². The van der Waals surface area contributed by atoms with Crippen molar-refractivity contribution in [2.45, 2.75) is 12.0 Å². The van der Waals surface area contributed by atoms with Crippen LogP contribution in [-0.2, 0) is 16.8 Å². The Labute approximate surface area is 134 Å². The summed E-state index contributed by atoms with van der Waals surface area (Å²) in [4.78, 5) is 12.6. The Morgan fingerprint density at radius 2 is 1.22 bits per heavy atom. The summed E-state index contributed by atoms with van der Waals surface area (Å²) in [6, 6.07) is 24.2. The summed E-state index contributed by atoms with van der Waals surface area (Å²) in [5.74, 6) is -0.238. The minimum absolute atomic E-state index is 0.238. The van der Waals surface area contributed by atoms with Crippen LogP contribution in [0, 0.1) is 0 Å². The third-order valence-electron chi connectivity index (χ3n) is 4.96. The third-order valence-corrected chi connectivity index (χ3v) is 4.96. The summed E-state index contributed by atoms with van der Waals surface area (Å²) < 4.78 is 6.08. The molecule has 1 heterocycles. The monoisotopic (exact) mass is 298 g/mol. The van der Waals surface area contributed by atoms with Crippen molar-refractivity contribution in [2.24, 2.45) is 0 Å². The predicted molar refractivity (Wildman–Crippen MR) is 88.2 cm³/mol. The zero-order valence-corrected chi connectivity index (χ0v) is 12.5. The molecule has 1 aliphatic carbocycles. The van der Waals surface area contributed by atoms with Crippen LogP contribution in [0.5, 0.6) is 0 Å². The Bertz CT molecular complexity index is 910. The highest BCUT2D eigenvalue weighted by atomic mass is 16.6. The van der Waals surface area contributed by atoms with Gasteiger partial charge in [-0.05, 0) is 22.8 Å². The zero-order chi connectivity index (χ0) is 15.4. The van der Waals surface area contributed by atoms with E-state index in [2.05, 4.69) is 24.3 Å². The maximum Gasteiger partial charge on any atom is 0.339 e. The third kappa shape index (κ3) is 1.55. The first-order valence-corrected chi connectivity index (χ1v) is 7.80. The number of hydrogen-bond donors (Lipinski definition) is 0. The molecule has 0 fully saturated rings. The topological polar surface area (TPSA) is 26.3 Å². The van der Waals surface area contributed by atoms with E-state index in [9.17, 15) is 4.79 Å². The highest BCUT2D eigenvalue weighted by Gasteiger charge is 2.49. The second kappa shape index (κ2) is 4.32. The van der Waals surface area contributed by atoms with Crippen molar-refractivity contribution in [3.05, 3.63) is 95.1 Å². The fraction of sp³-hybridized carbons (Fsp3) is 0.0952. The number of carbonyl (C=O) groups excluding carboxylic acids is 1. The number of hydrogen-bond acceptors (Lipinski definition) is 2. The fourth-order valence-corrected chi connectivity index (χ4v) is 3.98. The second-order valence-electron chi connectivity index (χ2n) is 6.14. The van der Waals surface area contributed by atoms with Gasteiger partial charge < -0.3 is 4.74 Å². The van der Waals surface area contributed by atoms with Gasteiger partial charge in [-0.1, -0.05) is 66.7 Å². The van der Waals surface area contributed by atoms with Crippen LogP contribution in [0.2, 0.25) is 0 Å². The Hall–Kier alpha value is -2.87. The first-order valence-electron chi connectivity index (χ1n) is 7.80. The van der Waals surface area contributed by atoms with E-state index in [1.807, 2.05) is 48.5 Å². The smallest absolute Gasteiger partial charge is 0.339 e. The van der Waals surface area contributed by atoms with Crippen LogP contribution in [0.15, 0.2) is 72.8 Å². The van der Waals surface area contributed by atoms with Gasteiger partial charge in [0.25, 0.3) is 0 Å². The first kappa shape index (κ1) is 12.7. The number of rotatable bonds is 0. The minimum atomic E-state index is -0.696. The molecule has 110 valence electrons. The fourth-order valence-electron chi connectivity index (χ4n) is 3.98. The van der Waals surface area contributed by atoms with Crippen molar-refractivity contribution >= 4 is 5.97 Å². The van der Waals surface area contributed by atoms with Crippen molar-refractivity contribution < 1.29 is 9.53 Å². The summed E-state index contributed by atoms with van der Waals surface area (Å²) >= 11 is 0. The van der Waals surface area contributed by atoms with E-state index < -0.39 is 5.60 Å². The van der Waals surface area contributed by atoms with Crippen molar-refractivity contribution in [2.75, 3.05) is 0 Å². The molecule has 2 nitrogen and oxygen atoms in total. The Morgan fingerprint density at radius 3 is 1.87 bits per heavy atom. The van der Waals surface area contributed by atoms with Crippen molar-refractivity contribution in [3.63, 3.8) is 0 Å². The van der Waals surface area contributed by atoms with Gasteiger partial charge in [-0.15, -0.1) is 0 Å². The summed E-state index contributed by atoms with van der Waals surface area (Å²) in [6.07, 6.45) is 0.683. The molecular formula is C21H14O2. The molecule has 0 aromatic heterocycles. The van der Waals surface area contributed by atoms with E-state index in [1.165, 1.54) is 0 Å². The van der Waals surface area contributed by atoms with Crippen LogP contribution in [0.1, 0.15) is 27.0 Å². The van der Waals surface area contributed by atoms with Gasteiger partial charge in [-0.2, -0.15) is 0 Å². The lowest BCUT2D eigenvalue weighted by molar-refractivity contribution is -0.00554. The van der Waals surface area contributed by atoms with Crippen LogP contribution in [0.25, 0.3) is 11.1 Å². The van der Waals surface area contributed by atoms with Crippen LogP contribution >= 0.6 is 0 Å². The number of fused-ring (bicyclic) bond motifs is 6. The highest BCUT2D eigenvalue weighted by Crippen LogP contribution is 2.53. The van der Waals surface area contributed by atoms with E-state index in [-0.39, 0.29) is 5.97 Å². The van der Waals surface area contributed by atoms with Crippen molar-refractivity contribution in [1.29, 1.82) is 0 Å². The maximum absolute atomic E-state index is 12.6. The largest absolute Gasteiger partial charge is 0.445 e. The van der Waals surface area contributed by atoms with Gasteiger partial charge in [0.2, 0.25) is 0 Å². The van der Waals surface area contributed by atoms with Crippen LogP contribution in [-0.4, -0.2) is 5.97 Å². The first-order chi connectivity index (χ1) is 11.3. The minimum Gasteiger partial charge on any atom is -0.445 e. The van der Waals surface area contributed by atoms with E-state index in [0.717, 1.165) is 27.8 Å². The molecule has 0 N–H and O–H groups in total. The van der Waals surface area contributed by atoms with E-state index in [4.69, 9.17) is 4.74 Å². The van der Waals surface area contributed by atoms with Crippen LogP contribution in [0.3, 0.4) is 0 Å². The van der Waals surface area contributed by atoms with Crippen LogP contribution < -0.4 is 0 Å². The molecule has 5 rings (SSSR count). The van der Waals surface area contributed by atoms with Gasteiger partial charge >= 0.3 is 5.97 Å². The lowest BCUT2D eigenvalue weighted by Gasteiger charge is -2.36. The summed E-state index contributed by atoms with van der Waals surface area (Å²) in [7, 11) is 0. The van der Waals surface area contributed by atoms with Gasteiger partial charge in [-0.3, -0.25) is 0 Å². The van der Waals surface area contributed by atoms with Gasteiger partial charge in [0.1, 0.15) is 0 Å². The molecular weight excluding hydrogens is 284 g/mol. The summed E-state index contributed by atoms with van der Waals surface area (Å²) in [5.41, 5.74) is 5.53. The number of benzene rings is 3. The molecule has 0 radical (unpaired) electrons. The molecule has 0 unspecified atom stereocenters. The quantitative estimate of drug-likeness (QED) is 0.578. The van der Waals surface area contributed by atoms with Gasteiger partial charge in [-0.25, -0.2) is 4.79 Å². The number of carbonyl (C=O) groups is 1. The van der Waals surface area contributed by atoms with E-state index >= 15 is 0 Å². The molecule has 0 saturated carbocycles. The summed E-state index contributed by atoms with van der Waals surface area (Å²) in [6.45, 7) is 0. The lowest BCUT2D eigenvalue weighted by atomic mass is 9.81. The second-order valence-corrected chi connectivity index (χ2v) is 6.14. The van der Waals surface area contributed by atoms with Crippen molar-refractivity contribution in [1.82, 2.24) is 0 Å². The van der Waals surface area contributed by atoms with E-state index in [0.29, 0.717) is 12.0 Å². The molecule has 2 aliphatic rings. The average Bonchev–Trinajstić information content (AvgIpc) is 2.86. The van der Waals surface area contributed by atoms with Gasteiger partial charge in [0.05, 0.1) is 5.56 Å². The molecule has 1 aliphatic heterocycles. The Morgan fingerprint density at radius 1 is 0.696 bits per heavy atom. The Kier molecular flexibility index (Phi) is 2.38. The SMILES string of the molecule is O=C1OC2(Cc3ccccc31)c1ccccc1-c1ccccc12. The number of esters is 1. The van der Waals surface area contributed by atoms with Gasteiger partial charge in [0.15, 0.2) is 5.60 Å².